The molecule has 19 heavy (non-hydrogen) atoms. The van der Waals surface area contributed by atoms with Crippen molar-refractivity contribution in [2.45, 2.75) is 19.4 Å². The largest absolute Gasteiger partial charge is 0.461 e. The van der Waals surface area contributed by atoms with Crippen LogP contribution in [0.3, 0.4) is 0 Å². The summed E-state index contributed by atoms with van der Waals surface area (Å²) < 4.78 is 15.2. The Morgan fingerprint density at radius 1 is 1.42 bits per heavy atom. The summed E-state index contributed by atoms with van der Waals surface area (Å²) >= 11 is 1.36. The summed E-state index contributed by atoms with van der Waals surface area (Å²) in [5.41, 5.74) is 5.99. The molecule has 1 heterocycles. The summed E-state index contributed by atoms with van der Waals surface area (Å²) in [6.45, 7) is 3.80. The highest BCUT2D eigenvalue weighted by molar-refractivity contribution is 7.09. The highest BCUT2D eigenvalue weighted by Gasteiger charge is 2.13. The minimum atomic E-state index is -0.417. The Bertz CT molecular complexity index is 382. The van der Waals surface area contributed by atoms with Crippen molar-refractivity contribution < 1.29 is 19.0 Å². The fourth-order valence-electron chi connectivity index (χ4n) is 1.23. The van der Waals surface area contributed by atoms with E-state index in [9.17, 15) is 4.79 Å². The Morgan fingerprint density at radius 2 is 2.21 bits per heavy atom. The van der Waals surface area contributed by atoms with E-state index in [1.165, 1.54) is 11.3 Å². The summed E-state index contributed by atoms with van der Waals surface area (Å²) in [7, 11) is 1.62. The monoisotopic (exact) mass is 288 g/mol. The standard InChI is InChI=1S/C12H20N2O4S/c1-9(13)11-14-10(8-19-11)12(15)18-5-3-4-17-7-6-16-2/h8-9H,3-7,13H2,1-2H3. The van der Waals surface area contributed by atoms with Crippen LogP contribution in [0.2, 0.25) is 0 Å². The maximum Gasteiger partial charge on any atom is 0.357 e. The zero-order valence-electron chi connectivity index (χ0n) is 11.3. The Morgan fingerprint density at radius 3 is 2.84 bits per heavy atom. The molecule has 0 spiro atoms. The molecule has 1 aromatic heterocycles. The summed E-state index contributed by atoms with van der Waals surface area (Å²) in [5.74, 6) is -0.417. The number of esters is 1. The van der Waals surface area contributed by atoms with Crippen molar-refractivity contribution in [3.05, 3.63) is 16.1 Å². The van der Waals surface area contributed by atoms with Crippen molar-refractivity contribution >= 4 is 17.3 Å². The average Bonchev–Trinajstić information content (AvgIpc) is 2.87. The second kappa shape index (κ2) is 8.98. The molecule has 0 saturated heterocycles. The molecule has 0 aliphatic heterocycles. The van der Waals surface area contributed by atoms with Gasteiger partial charge in [-0.3, -0.25) is 0 Å². The van der Waals surface area contributed by atoms with E-state index in [-0.39, 0.29) is 6.04 Å². The van der Waals surface area contributed by atoms with Gasteiger partial charge in [-0.15, -0.1) is 11.3 Å². The van der Waals surface area contributed by atoms with Gasteiger partial charge in [-0.2, -0.15) is 0 Å². The second-order valence-electron chi connectivity index (χ2n) is 3.95. The molecule has 1 unspecified atom stereocenters. The van der Waals surface area contributed by atoms with Crippen LogP contribution in [-0.2, 0) is 14.2 Å². The van der Waals surface area contributed by atoms with Crippen LogP contribution in [0.5, 0.6) is 0 Å². The van der Waals surface area contributed by atoms with Gasteiger partial charge in [0.2, 0.25) is 0 Å². The minimum absolute atomic E-state index is 0.166. The number of nitrogens with zero attached hydrogens (tertiary/aromatic N) is 1. The fraction of sp³-hybridized carbons (Fsp3) is 0.667. The first-order valence-electron chi connectivity index (χ1n) is 6.10. The van der Waals surface area contributed by atoms with Gasteiger partial charge in [0.1, 0.15) is 5.01 Å². The lowest BCUT2D eigenvalue weighted by atomic mass is 10.4. The van der Waals surface area contributed by atoms with Gasteiger partial charge in [-0.1, -0.05) is 0 Å². The molecule has 0 aromatic carbocycles. The van der Waals surface area contributed by atoms with E-state index in [1.54, 1.807) is 12.5 Å². The van der Waals surface area contributed by atoms with Crippen LogP contribution in [0, 0.1) is 0 Å². The van der Waals surface area contributed by atoms with Gasteiger partial charge in [0.05, 0.1) is 25.9 Å². The molecular weight excluding hydrogens is 268 g/mol. The predicted molar refractivity (Wildman–Crippen MR) is 72.3 cm³/mol. The lowest BCUT2D eigenvalue weighted by Gasteiger charge is -2.04. The fourth-order valence-corrected chi connectivity index (χ4v) is 1.98. The third-order valence-electron chi connectivity index (χ3n) is 2.22. The maximum atomic E-state index is 11.6. The molecule has 2 N–H and O–H groups in total. The van der Waals surface area contributed by atoms with E-state index < -0.39 is 5.97 Å². The quantitative estimate of drug-likeness (QED) is 0.546. The molecule has 0 fully saturated rings. The van der Waals surface area contributed by atoms with Gasteiger partial charge in [0, 0.05) is 25.5 Å². The first kappa shape index (κ1) is 16.0. The highest BCUT2D eigenvalue weighted by atomic mass is 32.1. The van der Waals surface area contributed by atoms with Gasteiger partial charge in [-0.05, 0) is 6.92 Å². The maximum absolute atomic E-state index is 11.6. The Balaban J connectivity index is 2.16. The Kier molecular flexibility index (Phi) is 7.57. The van der Waals surface area contributed by atoms with Gasteiger partial charge >= 0.3 is 5.97 Å². The minimum Gasteiger partial charge on any atom is -0.461 e. The van der Waals surface area contributed by atoms with Crippen LogP contribution in [0.25, 0.3) is 0 Å². The predicted octanol–water partition coefficient (Wildman–Crippen LogP) is 1.37. The van der Waals surface area contributed by atoms with Crippen molar-refractivity contribution in [3.8, 4) is 0 Å². The molecule has 6 nitrogen and oxygen atoms in total. The van der Waals surface area contributed by atoms with Crippen molar-refractivity contribution in [1.29, 1.82) is 0 Å². The molecule has 0 aliphatic rings. The first-order chi connectivity index (χ1) is 9.15. The SMILES string of the molecule is COCCOCCCOC(=O)c1csc(C(C)N)n1. The molecule has 108 valence electrons. The molecule has 1 rings (SSSR count). The number of nitrogens with two attached hydrogens (primary N) is 1. The highest BCUT2D eigenvalue weighted by Crippen LogP contribution is 2.16. The van der Waals surface area contributed by atoms with Crippen LogP contribution in [0.15, 0.2) is 5.38 Å². The number of hydrogen-bond acceptors (Lipinski definition) is 7. The van der Waals surface area contributed by atoms with Crippen LogP contribution in [0.1, 0.15) is 34.9 Å². The number of carbonyl (C=O) groups is 1. The number of hydrogen-bond donors (Lipinski definition) is 1. The number of aromatic nitrogens is 1. The summed E-state index contributed by atoms with van der Waals surface area (Å²) in [6.07, 6.45) is 0.653. The number of thiazole rings is 1. The Labute approximate surface area is 116 Å². The second-order valence-corrected chi connectivity index (χ2v) is 4.84. The molecule has 0 bridgehead atoms. The Hall–Kier alpha value is -1.02. The van der Waals surface area contributed by atoms with Crippen LogP contribution in [-0.4, -0.2) is 44.5 Å². The lowest BCUT2D eigenvalue weighted by Crippen LogP contribution is -2.11. The topological polar surface area (TPSA) is 83.7 Å². The summed E-state index contributed by atoms with van der Waals surface area (Å²) in [4.78, 5) is 15.8. The molecule has 0 amide bonds. The molecule has 1 aromatic rings. The van der Waals surface area contributed by atoms with E-state index in [1.807, 2.05) is 6.92 Å². The number of ether oxygens (including phenoxy) is 3. The van der Waals surface area contributed by atoms with Gasteiger partial charge in [0.15, 0.2) is 5.69 Å². The zero-order chi connectivity index (χ0) is 14.1. The molecule has 0 saturated carbocycles. The van der Waals surface area contributed by atoms with Crippen LogP contribution >= 0.6 is 11.3 Å². The third-order valence-corrected chi connectivity index (χ3v) is 3.26. The van der Waals surface area contributed by atoms with Crippen molar-refractivity contribution in [3.63, 3.8) is 0 Å². The van der Waals surface area contributed by atoms with E-state index >= 15 is 0 Å². The smallest absolute Gasteiger partial charge is 0.357 e. The average molecular weight is 288 g/mol. The summed E-state index contributed by atoms with van der Waals surface area (Å²) in [6, 6.07) is -0.166. The number of rotatable bonds is 9. The molecule has 7 heteroatoms. The van der Waals surface area contributed by atoms with Gasteiger partial charge in [-0.25, -0.2) is 9.78 Å². The number of methoxy groups -OCH3 is 1. The lowest BCUT2D eigenvalue weighted by molar-refractivity contribution is 0.0381. The van der Waals surface area contributed by atoms with E-state index in [2.05, 4.69) is 4.98 Å². The van der Waals surface area contributed by atoms with Crippen molar-refractivity contribution in [2.24, 2.45) is 5.73 Å². The number of carbonyl (C=O) groups excluding carboxylic acids is 1. The zero-order valence-corrected chi connectivity index (χ0v) is 12.1. The van der Waals surface area contributed by atoms with Crippen LogP contribution in [0.4, 0.5) is 0 Å². The van der Waals surface area contributed by atoms with Crippen molar-refractivity contribution in [2.75, 3.05) is 33.5 Å². The molecule has 1 atom stereocenters. The van der Waals surface area contributed by atoms with Gasteiger partial charge < -0.3 is 19.9 Å². The van der Waals surface area contributed by atoms with E-state index in [4.69, 9.17) is 19.9 Å². The molecule has 0 aliphatic carbocycles. The molecular formula is C12H20N2O4S. The molecule has 0 radical (unpaired) electrons. The van der Waals surface area contributed by atoms with Gasteiger partial charge in [0.25, 0.3) is 0 Å². The van der Waals surface area contributed by atoms with E-state index in [0.29, 0.717) is 38.5 Å². The normalized spacial score (nSPS) is 12.4. The third kappa shape index (κ3) is 6.11. The van der Waals surface area contributed by atoms with E-state index in [0.717, 1.165) is 5.01 Å². The summed E-state index contributed by atoms with van der Waals surface area (Å²) in [5, 5.41) is 2.39. The van der Waals surface area contributed by atoms with Crippen molar-refractivity contribution in [1.82, 2.24) is 4.98 Å². The first-order valence-corrected chi connectivity index (χ1v) is 6.98. The van der Waals surface area contributed by atoms with Crippen LogP contribution < -0.4 is 5.73 Å².